The van der Waals surface area contributed by atoms with Gasteiger partial charge in [0.15, 0.2) is 0 Å². The van der Waals surface area contributed by atoms with Crippen molar-refractivity contribution in [1.82, 2.24) is 5.32 Å². The average Bonchev–Trinajstić information content (AvgIpc) is 2.86. The topological polar surface area (TPSA) is 108 Å². The number of benzene rings is 1. The van der Waals surface area contributed by atoms with Gasteiger partial charge in [0.2, 0.25) is 15.9 Å². The van der Waals surface area contributed by atoms with Crippen LogP contribution < -0.4 is 15.2 Å². The quantitative estimate of drug-likeness (QED) is 0.793. The third kappa shape index (κ3) is 3.52. The molecule has 0 bridgehead atoms. The Hall–Kier alpha value is -1.64. The van der Waals surface area contributed by atoms with Crippen LogP contribution in [0.3, 0.4) is 0 Å². The van der Waals surface area contributed by atoms with Crippen molar-refractivity contribution in [1.29, 1.82) is 0 Å². The number of fused-ring (bicyclic) bond motifs is 1. The van der Waals surface area contributed by atoms with E-state index in [-0.39, 0.29) is 23.5 Å². The molecule has 0 saturated heterocycles. The van der Waals surface area contributed by atoms with E-state index in [1.165, 1.54) is 18.2 Å². The summed E-state index contributed by atoms with van der Waals surface area (Å²) in [5.74, 6) is -0.280. The van der Waals surface area contributed by atoms with Gasteiger partial charge in [-0.05, 0) is 25.1 Å². The average molecular weight is 314 g/mol. The number of primary sulfonamides is 1. The van der Waals surface area contributed by atoms with E-state index in [1.54, 1.807) is 7.11 Å². The molecule has 1 aromatic carbocycles. The number of ether oxygens (including phenoxy) is 2. The van der Waals surface area contributed by atoms with Crippen molar-refractivity contribution in [3.05, 3.63) is 23.8 Å². The standard InChI is InChI=1S/C13H18N2O5S/c1-8(19-2)6-15-13(16)11-7-20-12-4-3-9(5-10(11)12)21(14,17)18/h3-5,8,11H,6-7H2,1-2H3,(H,15,16)(H2,14,17,18). The molecule has 1 aliphatic rings. The predicted octanol–water partition coefficient (Wildman–Crippen LogP) is -0.0389. The molecule has 2 atom stereocenters. The van der Waals surface area contributed by atoms with E-state index in [2.05, 4.69) is 5.32 Å². The van der Waals surface area contributed by atoms with Gasteiger partial charge in [0.05, 0.1) is 11.0 Å². The van der Waals surface area contributed by atoms with Crippen molar-refractivity contribution in [2.24, 2.45) is 5.14 Å². The largest absolute Gasteiger partial charge is 0.492 e. The van der Waals surface area contributed by atoms with E-state index in [0.717, 1.165) is 0 Å². The van der Waals surface area contributed by atoms with Crippen LogP contribution in [-0.4, -0.2) is 40.7 Å². The number of amides is 1. The monoisotopic (exact) mass is 314 g/mol. The van der Waals surface area contributed by atoms with Gasteiger partial charge in [-0.2, -0.15) is 0 Å². The smallest absolute Gasteiger partial charge is 0.238 e. The van der Waals surface area contributed by atoms with Crippen molar-refractivity contribution in [3.63, 3.8) is 0 Å². The summed E-state index contributed by atoms with van der Waals surface area (Å²) >= 11 is 0. The molecule has 2 rings (SSSR count). The summed E-state index contributed by atoms with van der Waals surface area (Å²) in [7, 11) is -2.25. The Bertz CT molecular complexity index is 644. The van der Waals surface area contributed by atoms with Gasteiger partial charge in [0.1, 0.15) is 18.3 Å². The zero-order valence-corrected chi connectivity index (χ0v) is 12.6. The maximum Gasteiger partial charge on any atom is 0.238 e. The molecule has 1 aromatic rings. The fourth-order valence-electron chi connectivity index (χ4n) is 2.04. The molecule has 2 unspecified atom stereocenters. The van der Waals surface area contributed by atoms with E-state index in [9.17, 15) is 13.2 Å². The van der Waals surface area contributed by atoms with Gasteiger partial charge in [-0.15, -0.1) is 0 Å². The minimum Gasteiger partial charge on any atom is -0.492 e. The van der Waals surface area contributed by atoms with Gasteiger partial charge >= 0.3 is 0 Å². The van der Waals surface area contributed by atoms with Gasteiger partial charge < -0.3 is 14.8 Å². The third-order valence-electron chi connectivity index (χ3n) is 3.37. The fourth-order valence-corrected chi connectivity index (χ4v) is 2.59. The maximum absolute atomic E-state index is 12.2. The van der Waals surface area contributed by atoms with Crippen molar-refractivity contribution in [2.45, 2.75) is 23.8 Å². The second kappa shape index (κ2) is 6.00. The predicted molar refractivity (Wildman–Crippen MR) is 75.5 cm³/mol. The first kappa shape index (κ1) is 15.7. The van der Waals surface area contributed by atoms with Crippen molar-refractivity contribution in [3.8, 4) is 5.75 Å². The Kier molecular flexibility index (Phi) is 4.50. The summed E-state index contributed by atoms with van der Waals surface area (Å²) in [5.41, 5.74) is 0.532. The molecule has 1 amide bonds. The molecule has 1 heterocycles. The number of nitrogens with one attached hydrogen (secondary N) is 1. The van der Waals surface area contributed by atoms with Crippen LogP contribution in [0.25, 0.3) is 0 Å². The molecule has 0 fully saturated rings. The van der Waals surface area contributed by atoms with Crippen LogP contribution in [0, 0.1) is 0 Å². The highest BCUT2D eigenvalue weighted by Crippen LogP contribution is 2.35. The second-order valence-corrected chi connectivity index (χ2v) is 6.46. The number of nitrogens with two attached hydrogens (primary N) is 1. The fraction of sp³-hybridized carbons (Fsp3) is 0.462. The minimum atomic E-state index is -3.81. The Morgan fingerprint density at radius 2 is 2.29 bits per heavy atom. The molecule has 8 heteroatoms. The van der Waals surface area contributed by atoms with Crippen LogP contribution in [0.15, 0.2) is 23.1 Å². The van der Waals surface area contributed by atoms with Crippen LogP contribution in [0.5, 0.6) is 5.75 Å². The van der Waals surface area contributed by atoms with Gasteiger partial charge in [-0.3, -0.25) is 4.79 Å². The van der Waals surface area contributed by atoms with E-state index >= 15 is 0 Å². The highest BCUT2D eigenvalue weighted by molar-refractivity contribution is 7.89. The molecule has 0 aliphatic carbocycles. The van der Waals surface area contributed by atoms with Gasteiger partial charge in [-0.1, -0.05) is 0 Å². The van der Waals surface area contributed by atoms with Gasteiger partial charge in [-0.25, -0.2) is 13.6 Å². The first-order valence-corrected chi connectivity index (χ1v) is 7.97. The van der Waals surface area contributed by atoms with Crippen LogP contribution in [0.1, 0.15) is 18.4 Å². The highest BCUT2D eigenvalue weighted by atomic mass is 32.2. The summed E-state index contributed by atoms with van der Waals surface area (Å²) in [6, 6.07) is 4.27. The molecule has 21 heavy (non-hydrogen) atoms. The van der Waals surface area contributed by atoms with Crippen LogP contribution >= 0.6 is 0 Å². The zero-order valence-electron chi connectivity index (χ0n) is 11.8. The van der Waals surface area contributed by atoms with Crippen molar-refractivity contribution < 1.29 is 22.7 Å². The molecular weight excluding hydrogens is 296 g/mol. The van der Waals surface area contributed by atoms with E-state index in [0.29, 0.717) is 17.9 Å². The van der Waals surface area contributed by atoms with Crippen molar-refractivity contribution in [2.75, 3.05) is 20.3 Å². The Balaban J connectivity index is 2.19. The lowest BCUT2D eigenvalue weighted by Gasteiger charge is -2.14. The number of rotatable bonds is 5. The first-order chi connectivity index (χ1) is 9.82. The summed E-state index contributed by atoms with van der Waals surface area (Å²) in [6.45, 7) is 2.38. The number of carbonyl (C=O) groups is 1. The van der Waals surface area contributed by atoms with E-state index in [1.807, 2.05) is 6.92 Å². The molecule has 1 aliphatic heterocycles. The number of hydrogen-bond donors (Lipinski definition) is 2. The van der Waals surface area contributed by atoms with E-state index < -0.39 is 15.9 Å². The molecule has 7 nitrogen and oxygen atoms in total. The lowest BCUT2D eigenvalue weighted by molar-refractivity contribution is -0.123. The second-order valence-electron chi connectivity index (χ2n) is 4.90. The maximum atomic E-state index is 12.2. The van der Waals surface area contributed by atoms with Crippen LogP contribution in [0.2, 0.25) is 0 Å². The first-order valence-electron chi connectivity index (χ1n) is 6.43. The number of sulfonamides is 1. The molecule has 0 saturated carbocycles. The van der Waals surface area contributed by atoms with Gasteiger partial charge in [0, 0.05) is 19.2 Å². The van der Waals surface area contributed by atoms with E-state index in [4.69, 9.17) is 14.6 Å². The Labute approximate surface area is 123 Å². The minimum absolute atomic E-state index is 0.0326. The lowest BCUT2D eigenvalue weighted by atomic mass is 10.0. The third-order valence-corrected chi connectivity index (χ3v) is 4.28. The molecule has 3 N–H and O–H groups in total. The molecule has 0 spiro atoms. The number of carbonyl (C=O) groups excluding carboxylic acids is 1. The normalized spacial score (nSPS) is 18.7. The van der Waals surface area contributed by atoms with Gasteiger partial charge in [0.25, 0.3) is 0 Å². The summed E-state index contributed by atoms with van der Waals surface area (Å²) in [5, 5.41) is 7.85. The summed E-state index contributed by atoms with van der Waals surface area (Å²) < 4.78 is 33.2. The lowest BCUT2D eigenvalue weighted by Crippen LogP contribution is -2.35. The summed E-state index contributed by atoms with van der Waals surface area (Å²) in [4.78, 5) is 12.1. The number of methoxy groups -OCH3 is 1. The number of hydrogen-bond acceptors (Lipinski definition) is 5. The highest BCUT2D eigenvalue weighted by Gasteiger charge is 2.31. The van der Waals surface area contributed by atoms with Crippen LogP contribution in [-0.2, 0) is 19.6 Å². The van der Waals surface area contributed by atoms with Crippen LogP contribution in [0.4, 0.5) is 0 Å². The zero-order chi connectivity index (χ0) is 15.6. The molecular formula is C13H18N2O5S. The molecule has 0 radical (unpaired) electrons. The van der Waals surface area contributed by atoms with Crippen molar-refractivity contribution >= 4 is 15.9 Å². The molecule has 116 valence electrons. The SMILES string of the molecule is COC(C)CNC(=O)C1COc2ccc(S(N)(=O)=O)cc21. The Morgan fingerprint density at radius 1 is 1.57 bits per heavy atom. The summed E-state index contributed by atoms with van der Waals surface area (Å²) in [6.07, 6.45) is -0.105. The molecule has 0 aromatic heterocycles. The Morgan fingerprint density at radius 3 is 2.90 bits per heavy atom.